The summed E-state index contributed by atoms with van der Waals surface area (Å²) in [4.78, 5) is 4.48. The summed E-state index contributed by atoms with van der Waals surface area (Å²) >= 11 is 0. The molecule has 6 heteroatoms. The van der Waals surface area contributed by atoms with Crippen LogP contribution >= 0.6 is 0 Å². The van der Waals surface area contributed by atoms with Crippen molar-refractivity contribution < 1.29 is 4.74 Å². The lowest BCUT2D eigenvalue weighted by molar-refractivity contribution is 0.419. The Morgan fingerprint density at radius 2 is 2.12 bits per heavy atom. The van der Waals surface area contributed by atoms with Crippen LogP contribution in [-0.4, -0.2) is 32.3 Å². The summed E-state index contributed by atoms with van der Waals surface area (Å²) in [6.45, 7) is 0. The summed E-state index contributed by atoms with van der Waals surface area (Å²) in [5.74, 6) is 1.39. The molecular weight excluding hydrogens is 218 g/mol. The van der Waals surface area contributed by atoms with Crippen LogP contribution < -0.4 is 4.74 Å². The summed E-state index contributed by atoms with van der Waals surface area (Å²) in [6.07, 6.45) is 1.50. The van der Waals surface area contributed by atoms with Crippen LogP contribution in [-0.2, 0) is 0 Å². The van der Waals surface area contributed by atoms with E-state index in [9.17, 15) is 0 Å². The van der Waals surface area contributed by atoms with Gasteiger partial charge in [-0.2, -0.15) is 4.68 Å². The van der Waals surface area contributed by atoms with Crippen molar-refractivity contribution in [2.45, 2.75) is 0 Å². The fourth-order valence-electron chi connectivity index (χ4n) is 1.67. The molecule has 0 fully saturated rings. The van der Waals surface area contributed by atoms with Gasteiger partial charge in [0.25, 0.3) is 0 Å². The number of nitrogens with zero attached hydrogens (tertiary/aromatic N) is 5. The van der Waals surface area contributed by atoms with E-state index < -0.39 is 0 Å². The molecule has 0 atom stereocenters. The van der Waals surface area contributed by atoms with E-state index in [4.69, 9.17) is 4.74 Å². The zero-order valence-electron chi connectivity index (χ0n) is 9.11. The Morgan fingerprint density at radius 1 is 1.18 bits per heavy atom. The number of pyridine rings is 1. The maximum absolute atomic E-state index is 5.28. The zero-order chi connectivity index (χ0) is 11.7. The van der Waals surface area contributed by atoms with Crippen LogP contribution in [0.2, 0.25) is 0 Å². The largest absolute Gasteiger partial charge is 0.494 e. The van der Waals surface area contributed by atoms with Gasteiger partial charge < -0.3 is 4.74 Å². The van der Waals surface area contributed by atoms with Gasteiger partial charge >= 0.3 is 0 Å². The standard InChI is InChI=1S/C11H9N5O/c1-17-9-4-2-3-8-5-6-10(13-11(8)9)16-7-12-14-15-16/h2-7H,1H3. The van der Waals surface area contributed by atoms with Crippen molar-refractivity contribution in [3.05, 3.63) is 36.7 Å². The Balaban J connectivity index is 2.24. The van der Waals surface area contributed by atoms with E-state index in [-0.39, 0.29) is 0 Å². The van der Waals surface area contributed by atoms with Crippen molar-refractivity contribution in [3.8, 4) is 11.6 Å². The molecule has 0 bridgehead atoms. The fourth-order valence-corrected chi connectivity index (χ4v) is 1.67. The van der Waals surface area contributed by atoms with Gasteiger partial charge in [0.2, 0.25) is 0 Å². The van der Waals surface area contributed by atoms with Gasteiger partial charge in [-0.3, -0.25) is 0 Å². The molecule has 0 spiro atoms. The monoisotopic (exact) mass is 227 g/mol. The number of fused-ring (bicyclic) bond motifs is 1. The van der Waals surface area contributed by atoms with Crippen molar-refractivity contribution in [2.75, 3.05) is 7.11 Å². The van der Waals surface area contributed by atoms with Crippen LogP contribution in [0.3, 0.4) is 0 Å². The van der Waals surface area contributed by atoms with Gasteiger partial charge in [-0.15, -0.1) is 5.10 Å². The van der Waals surface area contributed by atoms with Crippen molar-refractivity contribution in [1.29, 1.82) is 0 Å². The molecule has 0 unspecified atom stereocenters. The zero-order valence-corrected chi connectivity index (χ0v) is 9.11. The normalized spacial score (nSPS) is 10.6. The van der Waals surface area contributed by atoms with Gasteiger partial charge in [-0.25, -0.2) is 4.98 Å². The summed E-state index contributed by atoms with van der Waals surface area (Å²) in [6, 6.07) is 9.60. The highest BCUT2D eigenvalue weighted by molar-refractivity contribution is 5.85. The first-order valence-corrected chi connectivity index (χ1v) is 5.05. The summed E-state index contributed by atoms with van der Waals surface area (Å²) in [5.41, 5.74) is 0.794. The molecule has 3 aromatic rings. The van der Waals surface area contributed by atoms with Crippen LogP contribution in [0.5, 0.6) is 5.75 Å². The molecule has 2 aromatic heterocycles. The number of rotatable bonds is 2. The molecule has 0 saturated heterocycles. The third-order valence-corrected chi connectivity index (χ3v) is 2.47. The van der Waals surface area contributed by atoms with Crippen LogP contribution in [0.1, 0.15) is 0 Å². The highest BCUT2D eigenvalue weighted by Gasteiger charge is 2.05. The first-order chi connectivity index (χ1) is 8.38. The Labute approximate surface area is 96.9 Å². The second kappa shape index (κ2) is 3.82. The van der Waals surface area contributed by atoms with Crippen molar-refractivity contribution in [1.82, 2.24) is 25.2 Å². The molecule has 0 radical (unpaired) electrons. The van der Waals surface area contributed by atoms with E-state index in [0.717, 1.165) is 16.7 Å². The average Bonchev–Trinajstić information content (AvgIpc) is 2.91. The van der Waals surface area contributed by atoms with Crippen LogP contribution in [0, 0.1) is 0 Å². The molecule has 84 valence electrons. The topological polar surface area (TPSA) is 65.7 Å². The maximum atomic E-state index is 5.28. The Kier molecular flexibility index (Phi) is 2.18. The number of methoxy groups -OCH3 is 1. The third kappa shape index (κ3) is 1.59. The van der Waals surface area contributed by atoms with Crippen LogP contribution in [0.15, 0.2) is 36.7 Å². The number of hydrogen-bond acceptors (Lipinski definition) is 5. The molecule has 1 aromatic carbocycles. The van der Waals surface area contributed by atoms with Gasteiger partial charge in [-0.05, 0) is 28.6 Å². The highest BCUT2D eigenvalue weighted by atomic mass is 16.5. The lowest BCUT2D eigenvalue weighted by Gasteiger charge is -2.05. The second-order valence-corrected chi connectivity index (χ2v) is 3.46. The molecule has 17 heavy (non-hydrogen) atoms. The number of ether oxygens (including phenoxy) is 1. The third-order valence-electron chi connectivity index (χ3n) is 2.47. The molecule has 0 aliphatic carbocycles. The SMILES string of the molecule is COc1cccc2ccc(-n3cnnn3)nc12. The first-order valence-electron chi connectivity index (χ1n) is 5.05. The maximum Gasteiger partial charge on any atom is 0.157 e. The Morgan fingerprint density at radius 3 is 2.88 bits per heavy atom. The van der Waals surface area contributed by atoms with Gasteiger partial charge in [0.05, 0.1) is 7.11 Å². The lowest BCUT2D eigenvalue weighted by atomic mass is 10.2. The predicted molar refractivity (Wildman–Crippen MR) is 61.0 cm³/mol. The number of para-hydroxylation sites is 1. The molecule has 0 N–H and O–H groups in total. The summed E-state index contributed by atoms with van der Waals surface area (Å²) in [5, 5.41) is 12.0. The minimum atomic E-state index is 0.659. The Hall–Kier alpha value is -2.50. The number of aromatic nitrogens is 5. The smallest absolute Gasteiger partial charge is 0.157 e. The fraction of sp³-hybridized carbons (Fsp3) is 0.0909. The van der Waals surface area contributed by atoms with Crippen molar-refractivity contribution in [3.63, 3.8) is 0 Å². The number of tetrazole rings is 1. The quantitative estimate of drug-likeness (QED) is 0.658. The average molecular weight is 227 g/mol. The van der Waals surface area contributed by atoms with E-state index in [0.29, 0.717) is 5.82 Å². The van der Waals surface area contributed by atoms with E-state index in [1.807, 2.05) is 30.3 Å². The lowest BCUT2D eigenvalue weighted by Crippen LogP contribution is -1.99. The molecule has 3 rings (SSSR count). The van der Waals surface area contributed by atoms with Crippen LogP contribution in [0.4, 0.5) is 0 Å². The molecule has 0 amide bonds. The number of benzene rings is 1. The van der Waals surface area contributed by atoms with E-state index in [1.165, 1.54) is 11.0 Å². The van der Waals surface area contributed by atoms with Gasteiger partial charge in [0.15, 0.2) is 5.82 Å². The number of hydrogen-bond donors (Lipinski definition) is 0. The highest BCUT2D eigenvalue weighted by Crippen LogP contribution is 2.24. The summed E-state index contributed by atoms with van der Waals surface area (Å²) in [7, 11) is 1.63. The molecule has 6 nitrogen and oxygen atoms in total. The minimum Gasteiger partial charge on any atom is -0.494 e. The summed E-state index contributed by atoms with van der Waals surface area (Å²) < 4.78 is 6.78. The predicted octanol–water partition coefficient (Wildman–Crippen LogP) is 1.22. The molecule has 0 aliphatic rings. The minimum absolute atomic E-state index is 0.659. The van der Waals surface area contributed by atoms with Crippen LogP contribution in [0.25, 0.3) is 16.7 Å². The van der Waals surface area contributed by atoms with Gasteiger partial charge in [0, 0.05) is 5.39 Å². The van der Waals surface area contributed by atoms with Crippen molar-refractivity contribution in [2.24, 2.45) is 0 Å². The van der Waals surface area contributed by atoms with E-state index in [1.54, 1.807) is 7.11 Å². The molecule has 0 saturated carbocycles. The second-order valence-electron chi connectivity index (χ2n) is 3.46. The first kappa shape index (κ1) is 9.71. The van der Waals surface area contributed by atoms with Gasteiger partial charge in [-0.1, -0.05) is 12.1 Å². The Bertz CT molecular complexity index is 650. The van der Waals surface area contributed by atoms with Crippen molar-refractivity contribution >= 4 is 10.9 Å². The van der Waals surface area contributed by atoms with E-state index >= 15 is 0 Å². The molecule has 0 aliphatic heterocycles. The molecule has 2 heterocycles. The molecular formula is C11H9N5O. The van der Waals surface area contributed by atoms with E-state index in [2.05, 4.69) is 20.5 Å². The van der Waals surface area contributed by atoms with Gasteiger partial charge in [0.1, 0.15) is 17.6 Å².